The number of rotatable bonds is 27. The third kappa shape index (κ3) is 24.9. The summed E-state index contributed by atoms with van der Waals surface area (Å²) >= 11 is 3.51. The minimum Gasteiger partial charge on any atom is -0.343 e. The normalized spacial score (nSPS) is 11.2. The SMILES string of the molecule is CCCCCCCCCCN(CCCCCCCCCC)C(=O)CCCCCCCCCBr. The molecular weight excluding hydrogens is 470 g/mol. The average molecular weight is 531 g/mol. The second kappa shape index (κ2) is 28.2. The molecule has 198 valence electrons. The number of nitrogens with zero attached hydrogens (tertiary/aromatic N) is 1. The third-order valence-electron chi connectivity index (χ3n) is 6.94. The zero-order valence-electron chi connectivity index (χ0n) is 22.8. The predicted octanol–water partition coefficient (Wildman–Crippen LogP) is 10.6. The summed E-state index contributed by atoms with van der Waals surface area (Å²) in [6.45, 7) is 6.56. The zero-order valence-corrected chi connectivity index (χ0v) is 24.4. The van der Waals surface area contributed by atoms with Crippen molar-refractivity contribution in [2.24, 2.45) is 0 Å². The molecule has 0 aliphatic heterocycles. The van der Waals surface area contributed by atoms with E-state index in [0.717, 1.165) is 31.3 Å². The van der Waals surface area contributed by atoms with Gasteiger partial charge in [-0.2, -0.15) is 0 Å². The summed E-state index contributed by atoms with van der Waals surface area (Å²) in [4.78, 5) is 15.1. The summed E-state index contributed by atoms with van der Waals surface area (Å²) in [5, 5.41) is 1.13. The highest BCUT2D eigenvalue weighted by Crippen LogP contribution is 2.14. The summed E-state index contributed by atoms with van der Waals surface area (Å²) in [7, 11) is 0. The summed E-state index contributed by atoms with van der Waals surface area (Å²) in [5.74, 6) is 0.431. The fourth-order valence-electron chi connectivity index (χ4n) is 4.65. The van der Waals surface area contributed by atoms with Crippen molar-refractivity contribution in [1.82, 2.24) is 4.90 Å². The van der Waals surface area contributed by atoms with Crippen LogP contribution >= 0.6 is 15.9 Å². The van der Waals surface area contributed by atoms with Crippen LogP contribution in [0, 0.1) is 0 Å². The van der Waals surface area contributed by atoms with Crippen LogP contribution in [-0.4, -0.2) is 29.2 Å². The Labute approximate surface area is 217 Å². The van der Waals surface area contributed by atoms with Crippen molar-refractivity contribution in [3.8, 4) is 0 Å². The molecule has 0 rings (SSSR count). The molecule has 0 atom stereocenters. The molecule has 0 unspecified atom stereocenters. The van der Waals surface area contributed by atoms with E-state index < -0.39 is 0 Å². The number of hydrogen-bond donors (Lipinski definition) is 0. The lowest BCUT2D eigenvalue weighted by Gasteiger charge is -2.23. The van der Waals surface area contributed by atoms with Crippen molar-refractivity contribution < 1.29 is 4.79 Å². The van der Waals surface area contributed by atoms with Crippen molar-refractivity contribution in [3.63, 3.8) is 0 Å². The number of unbranched alkanes of at least 4 members (excludes halogenated alkanes) is 20. The second-order valence-electron chi connectivity index (χ2n) is 10.2. The first-order valence-corrected chi connectivity index (χ1v) is 16.2. The molecular formula is C30H60BrNO. The Bertz CT molecular complexity index is 367. The molecule has 0 aromatic rings. The van der Waals surface area contributed by atoms with Crippen LogP contribution in [0.4, 0.5) is 0 Å². The van der Waals surface area contributed by atoms with Crippen molar-refractivity contribution in [2.45, 2.75) is 168 Å². The van der Waals surface area contributed by atoms with E-state index in [1.165, 1.54) is 141 Å². The first kappa shape index (κ1) is 33.0. The van der Waals surface area contributed by atoms with Gasteiger partial charge in [-0.1, -0.05) is 152 Å². The lowest BCUT2D eigenvalue weighted by Crippen LogP contribution is -2.32. The smallest absolute Gasteiger partial charge is 0.222 e. The molecule has 0 aliphatic carbocycles. The van der Waals surface area contributed by atoms with Gasteiger partial charge in [-0.3, -0.25) is 4.79 Å². The number of amides is 1. The molecule has 1 amide bonds. The second-order valence-corrected chi connectivity index (χ2v) is 11.0. The van der Waals surface area contributed by atoms with Crippen LogP contribution in [-0.2, 0) is 4.79 Å². The van der Waals surface area contributed by atoms with Gasteiger partial charge in [0.15, 0.2) is 0 Å². The molecule has 0 aromatic carbocycles. The molecule has 2 nitrogen and oxygen atoms in total. The molecule has 0 spiro atoms. The van der Waals surface area contributed by atoms with Gasteiger partial charge in [0.25, 0.3) is 0 Å². The van der Waals surface area contributed by atoms with E-state index in [-0.39, 0.29) is 0 Å². The highest BCUT2D eigenvalue weighted by Gasteiger charge is 2.12. The van der Waals surface area contributed by atoms with Crippen LogP contribution in [0.15, 0.2) is 0 Å². The van der Waals surface area contributed by atoms with Crippen molar-refractivity contribution in [3.05, 3.63) is 0 Å². The summed E-state index contributed by atoms with van der Waals surface area (Å²) in [6, 6.07) is 0. The Morgan fingerprint density at radius 1 is 0.485 bits per heavy atom. The van der Waals surface area contributed by atoms with Gasteiger partial charge in [0.05, 0.1) is 0 Å². The van der Waals surface area contributed by atoms with Crippen LogP contribution in [0.3, 0.4) is 0 Å². The topological polar surface area (TPSA) is 20.3 Å². The summed E-state index contributed by atoms with van der Waals surface area (Å²) in [5.41, 5.74) is 0. The Hall–Kier alpha value is -0.0500. The maximum absolute atomic E-state index is 12.9. The van der Waals surface area contributed by atoms with Crippen LogP contribution in [0.5, 0.6) is 0 Å². The van der Waals surface area contributed by atoms with E-state index in [0.29, 0.717) is 5.91 Å². The van der Waals surface area contributed by atoms with Crippen LogP contribution in [0.2, 0.25) is 0 Å². The molecule has 3 heteroatoms. The lowest BCUT2D eigenvalue weighted by atomic mass is 10.1. The van der Waals surface area contributed by atoms with Crippen molar-refractivity contribution in [1.29, 1.82) is 0 Å². The molecule has 0 aliphatic rings. The number of alkyl halides is 1. The van der Waals surface area contributed by atoms with E-state index in [4.69, 9.17) is 0 Å². The van der Waals surface area contributed by atoms with Gasteiger partial charge < -0.3 is 4.90 Å². The van der Waals surface area contributed by atoms with Crippen LogP contribution < -0.4 is 0 Å². The van der Waals surface area contributed by atoms with E-state index >= 15 is 0 Å². The van der Waals surface area contributed by atoms with E-state index in [9.17, 15) is 4.79 Å². The first-order chi connectivity index (χ1) is 16.3. The molecule has 0 aromatic heterocycles. The Morgan fingerprint density at radius 2 is 0.818 bits per heavy atom. The largest absolute Gasteiger partial charge is 0.343 e. The molecule has 0 bridgehead atoms. The molecule has 0 saturated carbocycles. The molecule has 33 heavy (non-hydrogen) atoms. The van der Waals surface area contributed by atoms with Crippen LogP contribution in [0.1, 0.15) is 168 Å². The molecule has 0 heterocycles. The molecule has 0 fully saturated rings. The summed E-state index contributed by atoms with van der Waals surface area (Å²) in [6.07, 6.45) is 31.1. The molecule has 0 radical (unpaired) electrons. The van der Waals surface area contributed by atoms with Gasteiger partial charge in [0.1, 0.15) is 0 Å². The fraction of sp³-hybridized carbons (Fsp3) is 0.967. The van der Waals surface area contributed by atoms with Gasteiger partial charge in [-0.05, 0) is 25.7 Å². The highest BCUT2D eigenvalue weighted by atomic mass is 79.9. The van der Waals surface area contributed by atoms with E-state index in [1.54, 1.807) is 0 Å². The zero-order chi connectivity index (χ0) is 24.2. The Morgan fingerprint density at radius 3 is 1.21 bits per heavy atom. The highest BCUT2D eigenvalue weighted by molar-refractivity contribution is 9.09. The number of hydrogen-bond acceptors (Lipinski definition) is 1. The Kier molecular flexibility index (Phi) is 28.1. The van der Waals surface area contributed by atoms with Gasteiger partial charge in [-0.15, -0.1) is 0 Å². The van der Waals surface area contributed by atoms with E-state index in [1.807, 2.05) is 0 Å². The Balaban J connectivity index is 4.04. The van der Waals surface area contributed by atoms with Gasteiger partial charge >= 0.3 is 0 Å². The van der Waals surface area contributed by atoms with Gasteiger partial charge in [-0.25, -0.2) is 0 Å². The lowest BCUT2D eigenvalue weighted by molar-refractivity contribution is -0.131. The van der Waals surface area contributed by atoms with Crippen molar-refractivity contribution in [2.75, 3.05) is 18.4 Å². The molecule has 0 N–H and O–H groups in total. The minimum atomic E-state index is 0.431. The number of carbonyl (C=O) groups excluding carboxylic acids is 1. The van der Waals surface area contributed by atoms with Gasteiger partial charge in [0, 0.05) is 24.8 Å². The fourth-order valence-corrected chi connectivity index (χ4v) is 5.04. The average Bonchev–Trinajstić information content (AvgIpc) is 2.82. The van der Waals surface area contributed by atoms with E-state index in [2.05, 4.69) is 34.7 Å². The predicted molar refractivity (Wildman–Crippen MR) is 153 cm³/mol. The standard InChI is InChI=1S/C30H60BrNO/c1-3-5-7-9-11-16-20-24-28-32(29-25-21-17-12-10-8-6-4-2)30(33)26-22-18-14-13-15-19-23-27-31/h3-29H2,1-2H3. The number of halogens is 1. The first-order valence-electron chi connectivity index (χ1n) is 15.1. The monoisotopic (exact) mass is 529 g/mol. The minimum absolute atomic E-state index is 0.431. The summed E-state index contributed by atoms with van der Waals surface area (Å²) < 4.78 is 0. The molecule has 0 saturated heterocycles. The van der Waals surface area contributed by atoms with Crippen molar-refractivity contribution >= 4 is 21.8 Å². The quantitative estimate of drug-likeness (QED) is 0.0764. The number of carbonyl (C=O) groups is 1. The van der Waals surface area contributed by atoms with Crippen LogP contribution in [0.25, 0.3) is 0 Å². The third-order valence-corrected chi connectivity index (χ3v) is 7.50. The maximum Gasteiger partial charge on any atom is 0.222 e. The maximum atomic E-state index is 12.9. The van der Waals surface area contributed by atoms with Gasteiger partial charge in [0.2, 0.25) is 5.91 Å².